The fourth-order valence-electron chi connectivity index (χ4n) is 1.93. The van der Waals surface area contributed by atoms with Crippen LogP contribution in [-0.4, -0.2) is 16.0 Å². The van der Waals surface area contributed by atoms with Gasteiger partial charge in [-0.1, -0.05) is 37.6 Å². The number of nitrogens with zero attached hydrogens (tertiary/aromatic N) is 2. The zero-order valence-electron chi connectivity index (χ0n) is 9.57. The van der Waals surface area contributed by atoms with Gasteiger partial charge in [0.1, 0.15) is 17.3 Å². The van der Waals surface area contributed by atoms with E-state index in [0.717, 1.165) is 24.2 Å². The molecule has 0 amide bonds. The standard InChI is InChI=1S/C12H16ClN3/c1-8(2)10-11(13)14-7-15-12(10)16-9-5-3-4-6-9/h3-4,7-9H,5-6H2,1-2H3,(H,14,15,16). The molecule has 16 heavy (non-hydrogen) atoms. The molecule has 0 bridgehead atoms. The fourth-order valence-corrected chi connectivity index (χ4v) is 2.28. The van der Waals surface area contributed by atoms with Crippen molar-refractivity contribution < 1.29 is 0 Å². The lowest BCUT2D eigenvalue weighted by molar-refractivity contribution is 0.765. The monoisotopic (exact) mass is 237 g/mol. The van der Waals surface area contributed by atoms with E-state index in [1.165, 1.54) is 6.33 Å². The lowest BCUT2D eigenvalue weighted by Gasteiger charge is -2.18. The summed E-state index contributed by atoms with van der Waals surface area (Å²) in [7, 11) is 0. The number of aromatic nitrogens is 2. The zero-order valence-corrected chi connectivity index (χ0v) is 10.3. The average molecular weight is 238 g/mol. The molecule has 0 radical (unpaired) electrons. The lowest BCUT2D eigenvalue weighted by Crippen LogP contribution is -2.18. The van der Waals surface area contributed by atoms with Crippen molar-refractivity contribution >= 4 is 17.4 Å². The van der Waals surface area contributed by atoms with E-state index in [4.69, 9.17) is 11.6 Å². The van der Waals surface area contributed by atoms with E-state index in [2.05, 4.69) is 41.3 Å². The third-order valence-electron chi connectivity index (χ3n) is 2.76. The van der Waals surface area contributed by atoms with Crippen molar-refractivity contribution in [1.82, 2.24) is 9.97 Å². The van der Waals surface area contributed by atoms with Crippen molar-refractivity contribution in [2.45, 2.75) is 38.6 Å². The lowest BCUT2D eigenvalue weighted by atomic mass is 10.1. The predicted molar refractivity (Wildman–Crippen MR) is 66.9 cm³/mol. The first-order valence-electron chi connectivity index (χ1n) is 5.60. The Labute approximate surface area is 101 Å². The molecule has 1 N–H and O–H groups in total. The number of halogens is 1. The maximum Gasteiger partial charge on any atom is 0.138 e. The second-order valence-electron chi connectivity index (χ2n) is 4.37. The van der Waals surface area contributed by atoms with Crippen molar-refractivity contribution in [3.8, 4) is 0 Å². The third kappa shape index (κ3) is 2.35. The van der Waals surface area contributed by atoms with Crippen LogP contribution >= 0.6 is 11.6 Å². The quantitative estimate of drug-likeness (QED) is 0.647. The minimum absolute atomic E-state index is 0.325. The number of nitrogens with one attached hydrogen (secondary N) is 1. The van der Waals surface area contributed by atoms with Crippen LogP contribution in [0.25, 0.3) is 0 Å². The molecule has 1 aromatic rings. The van der Waals surface area contributed by atoms with Gasteiger partial charge in [-0.3, -0.25) is 0 Å². The average Bonchev–Trinajstić information content (AvgIpc) is 2.70. The van der Waals surface area contributed by atoms with Crippen molar-refractivity contribution in [1.29, 1.82) is 0 Å². The summed E-state index contributed by atoms with van der Waals surface area (Å²) in [6, 6.07) is 0.448. The summed E-state index contributed by atoms with van der Waals surface area (Å²) in [6.45, 7) is 4.20. The van der Waals surface area contributed by atoms with Gasteiger partial charge < -0.3 is 5.32 Å². The van der Waals surface area contributed by atoms with Crippen LogP contribution in [0.3, 0.4) is 0 Å². The Morgan fingerprint density at radius 1 is 1.31 bits per heavy atom. The predicted octanol–water partition coefficient (Wildman–Crippen LogP) is 3.38. The Kier molecular flexibility index (Phi) is 3.44. The maximum absolute atomic E-state index is 6.10. The summed E-state index contributed by atoms with van der Waals surface area (Å²) in [4.78, 5) is 8.32. The highest BCUT2D eigenvalue weighted by atomic mass is 35.5. The topological polar surface area (TPSA) is 37.8 Å². The molecular formula is C12H16ClN3. The van der Waals surface area contributed by atoms with E-state index in [9.17, 15) is 0 Å². The summed E-state index contributed by atoms with van der Waals surface area (Å²) in [6.07, 6.45) is 8.00. The first-order chi connectivity index (χ1) is 7.68. The van der Waals surface area contributed by atoms with Crippen LogP contribution in [0.4, 0.5) is 5.82 Å². The highest BCUT2D eigenvalue weighted by Gasteiger charge is 2.17. The van der Waals surface area contributed by atoms with Crippen molar-refractivity contribution in [3.63, 3.8) is 0 Å². The molecule has 0 saturated heterocycles. The molecule has 3 nitrogen and oxygen atoms in total. The highest BCUT2D eigenvalue weighted by Crippen LogP contribution is 2.29. The number of hydrogen-bond donors (Lipinski definition) is 1. The van der Waals surface area contributed by atoms with Gasteiger partial charge in [0, 0.05) is 11.6 Å². The molecule has 1 heterocycles. The molecule has 0 aliphatic heterocycles. The number of rotatable bonds is 3. The van der Waals surface area contributed by atoms with Crippen LogP contribution < -0.4 is 5.32 Å². The summed E-state index contributed by atoms with van der Waals surface area (Å²) in [5.41, 5.74) is 1.01. The fraction of sp³-hybridized carbons (Fsp3) is 0.500. The normalized spacial score (nSPS) is 16.0. The Morgan fingerprint density at radius 2 is 2.00 bits per heavy atom. The van der Waals surface area contributed by atoms with Gasteiger partial charge >= 0.3 is 0 Å². The van der Waals surface area contributed by atoms with Gasteiger partial charge in [-0.2, -0.15) is 0 Å². The molecule has 1 aromatic heterocycles. The van der Waals surface area contributed by atoms with Crippen molar-refractivity contribution in [2.24, 2.45) is 0 Å². The van der Waals surface area contributed by atoms with Crippen molar-refractivity contribution in [3.05, 3.63) is 29.2 Å². The second kappa shape index (κ2) is 4.83. The second-order valence-corrected chi connectivity index (χ2v) is 4.72. The molecule has 86 valence electrons. The van der Waals surface area contributed by atoms with E-state index < -0.39 is 0 Å². The van der Waals surface area contributed by atoms with Crippen LogP contribution in [-0.2, 0) is 0 Å². The SMILES string of the molecule is CC(C)c1c(Cl)ncnc1NC1CC=CC1. The van der Waals surface area contributed by atoms with Crippen LogP contribution in [0, 0.1) is 0 Å². The van der Waals surface area contributed by atoms with Gasteiger partial charge in [-0.15, -0.1) is 0 Å². The molecule has 0 saturated carbocycles. The first kappa shape index (κ1) is 11.4. The van der Waals surface area contributed by atoms with E-state index >= 15 is 0 Å². The van der Waals surface area contributed by atoms with Gasteiger partial charge in [0.2, 0.25) is 0 Å². The van der Waals surface area contributed by atoms with E-state index in [-0.39, 0.29) is 0 Å². The molecule has 2 rings (SSSR count). The van der Waals surface area contributed by atoms with Gasteiger partial charge in [0.25, 0.3) is 0 Å². The van der Waals surface area contributed by atoms with Gasteiger partial charge in [-0.05, 0) is 18.8 Å². The van der Waals surface area contributed by atoms with Crippen LogP contribution in [0.1, 0.15) is 38.2 Å². The van der Waals surface area contributed by atoms with Gasteiger partial charge in [-0.25, -0.2) is 9.97 Å². The van der Waals surface area contributed by atoms with E-state index in [0.29, 0.717) is 17.1 Å². The van der Waals surface area contributed by atoms with Crippen LogP contribution in [0.15, 0.2) is 18.5 Å². The van der Waals surface area contributed by atoms with Crippen LogP contribution in [0.5, 0.6) is 0 Å². The molecule has 0 atom stereocenters. The highest BCUT2D eigenvalue weighted by molar-refractivity contribution is 6.30. The Bertz CT molecular complexity index is 393. The Balaban J connectivity index is 2.22. The maximum atomic E-state index is 6.10. The van der Waals surface area contributed by atoms with Gasteiger partial charge in [0.15, 0.2) is 0 Å². The molecule has 4 heteroatoms. The Hall–Kier alpha value is -1.09. The van der Waals surface area contributed by atoms with E-state index in [1.807, 2.05) is 0 Å². The minimum Gasteiger partial charge on any atom is -0.366 e. The largest absolute Gasteiger partial charge is 0.366 e. The molecular weight excluding hydrogens is 222 g/mol. The van der Waals surface area contributed by atoms with Crippen LogP contribution in [0.2, 0.25) is 5.15 Å². The molecule has 0 spiro atoms. The van der Waals surface area contributed by atoms with E-state index in [1.54, 1.807) is 0 Å². The molecule has 1 aliphatic carbocycles. The summed E-state index contributed by atoms with van der Waals surface area (Å²) in [5, 5.41) is 3.99. The smallest absolute Gasteiger partial charge is 0.138 e. The number of hydrogen-bond acceptors (Lipinski definition) is 3. The third-order valence-corrected chi connectivity index (χ3v) is 3.06. The molecule has 0 fully saturated rings. The molecule has 0 aromatic carbocycles. The summed E-state index contributed by atoms with van der Waals surface area (Å²) in [5.74, 6) is 1.20. The number of anilines is 1. The van der Waals surface area contributed by atoms with Gasteiger partial charge in [0.05, 0.1) is 0 Å². The summed E-state index contributed by atoms with van der Waals surface area (Å²) < 4.78 is 0. The zero-order chi connectivity index (χ0) is 11.5. The Morgan fingerprint density at radius 3 is 2.62 bits per heavy atom. The first-order valence-corrected chi connectivity index (χ1v) is 5.98. The summed E-state index contributed by atoms with van der Waals surface area (Å²) >= 11 is 6.10. The van der Waals surface area contributed by atoms with Crippen molar-refractivity contribution in [2.75, 3.05) is 5.32 Å². The minimum atomic E-state index is 0.325. The molecule has 1 aliphatic rings. The molecule has 0 unspecified atom stereocenters.